The van der Waals surface area contributed by atoms with Gasteiger partial charge in [0, 0.05) is 10.6 Å². The highest BCUT2D eigenvalue weighted by atomic mass is 31.2. The molecule has 0 heterocycles. The Balaban J connectivity index is 2.79. The van der Waals surface area contributed by atoms with E-state index in [1.807, 2.05) is 101 Å². The van der Waals surface area contributed by atoms with Crippen molar-refractivity contribution in [3.8, 4) is 0 Å². The van der Waals surface area contributed by atoms with Gasteiger partial charge in [0.1, 0.15) is 0 Å². The predicted molar refractivity (Wildman–Crippen MR) is 119 cm³/mol. The third-order valence-electron chi connectivity index (χ3n) is 5.53. The number of aliphatic hydroxyl groups is 2. The standard InChI is InChI=1S/C24H33O3P/c1-18(2)16-17-24(5,23(26)22(25)19(3)4)28(27,20-12-8-6-9-13-20)21-14-10-7-11-15-21/h6-16,19,22-23,25-26H,17H2,1-5H3/t22-,23+,24+/m1/s1. The van der Waals surface area contributed by atoms with Crippen LogP contribution in [0.4, 0.5) is 0 Å². The summed E-state index contributed by atoms with van der Waals surface area (Å²) in [6.45, 7) is 9.56. The van der Waals surface area contributed by atoms with E-state index in [0.29, 0.717) is 17.0 Å². The summed E-state index contributed by atoms with van der Waals surface area (Å²) >= 11 is 0. The molecule has 4 heteroatoms. The lowest BCUT2D eigenvalue weighted by Crippen LogP contribution is -2.51. The third-order valence-corrected chi connectivity index (χ3v) is 9.46. The molecule has 3 nitrogen and oxygen atoms in total. The predicted octanol–water partition coefficient (Wildman–Crippen LogP) is 4.49. The van der Waals surface area contributed by atoms with Crippen LogP contribution in [0, 0.1) is 5.92 Å². The molecule has 3 atom stereocenters. The number of allylic oxidation sites excluding steroid dienone is 2. The van der Waals surface area contributed by atoms with Gasteiger partial charge in [0.2, 0.25) is 0 Å². The Morgan fingerprint density at radius 3 is 1.75 bits per heavy atom. The zero-order valence-corrected chi connectivity index (χ0v) is 18.4. The Morgan fingerprint density at radius 2 is 1.39 bits per heavy atom. The highest BCUT2D eigenvalue weighted by molar-refractivity contribution is 7.80. The van der Waals surface area contributed by atoms with Gasteiger partial charge in [-0.3, -0.25) is 0 Å². The van der Waals surface area contributed by atoms with Crippen LogP contribution in [0.1, 0.15) is 41.0 Å². The lowest BCUT2D eigenvalue weighted by atomic mass is 9.89. The molecule has 0 bridgehead atoms. The molecule has 2 aromatic rings. The van der Waals surface area contributed by atoms with Gasteiger partial charge in [-0.05, 0) is 33.1 Å². The molecule has 152 valence electrons. The molecule has 28 heavy (non-hydrogen) atoms. The first-order valence-electron chi connectivity index (χ1n) is 9.85. The molecule has 0 saturated heterocycles. The Morgan fingerprint density at radius 1 is 0.964 bits per heavy atom. The summed E-state index contributed by atoms with van der Waals surface area (Å²) in [6.07, 6.45) is 0.293. The van der Waals surface area contributed by atoms with Crippen molar-refractivity contribution in [3.63, 3.8) is 0 Å². The van der Waals surface area contributed by atoms with E-state index in [4.69, 9.17) is 0 Å². The summed E-state index contributed by atoms with van der Waals surface area (Å²) in [4.78, 5) is 0. The highest BCUT2D eigenvalue weighted by Gasteiger charge is 2.52. The lowest BCUT2D eigenvalue weighted by molar-refractivity contribution is -0.0277. The van der Waals surface area contributed by atoms with E-state index in [1.165, 1.54) is 0 Å². The SMILES string of the molecule is CC(C)=CC[C@@](C)([C@@H](O)[C@H](O)C(C)C)P(=O)(c1ccccc1)c1ccccc1. The van der Waals surface area contributed by atoms with E-state index < -0.39 is 24.5 Å². The van der Waals surface area contributed by atoms with Gasteiger partial charge in [-0.25, -0.2) is 0 Å². The molecule has 2 rings (SSSR count). The topological polar surface area (TPSA) is 57.5 Å². The minimum absolute atomic E-state index is 0.152. The molecule has 0 aliphatic heterocycles. The van der Waals surface area contributed by atoms with Crippen LogP contribution in [0.25, 0.3) is 0 Å². The zero-order chi connectivity index (χ0) is 20.9. The number of benzene rings is 2. The summed E-state index contributed by atoms with van der Waals surface area (Å²) in [5, 5.41) is 22.4. The number of aliphatic hydroxyl groups excluding tert-OH is 2. The van der Waals surface area contributed by atoms with E-state index in [9.17, 15) is 14.8 Å². The minimum Gasteiger partial charge on any atom is -0.390 e. The van der Waals surface area contributed by atoms with E-state index in [1.54, 1.807) is 0 Å². The van der Waals surface area contributed by atoms with Crippen LogP contribution in [-0.2, 0) is 4.57 Å². The fourth-order valence-electron chi connectivity index (χ4n) is 3.59. The van der Waals surface area contributed by atoms with Gasteiger partial charge >= 0.3 is 0 Å². The number of rotatable bonds is 8. The minimum atomic E-state index is -3.31. The smallest absolute Gasteiger partial charge is 0.151 e. The average molecular weight is 400 g/mol. The fourth-order valence-corrected chi connectivity index (χ4v) is 7.13. The van der Waals surface area contributed by atoms with Gasteiger partial charge in [0.15, 0.2) is 7.14 Å². The normalized spacial score (nSPS) is 16.3. The number of hydrogen-bond donors (Lipinski definition) is 2. The summed E-state index contributed by atoms with van der Waals surface area (Å²) in [5.41, 5.74) is 1.09. The second-order valence-electron chi connectivity index (χ2n) is 8.30. The molecule has 0 saturated carbocycles. The van der Waals surface area contributed by atoms with Crippen molar-refractivity contribution in [1.82, 2.24) is 0 Å². The Kier molecular flexibility index (Phi) is 7.45. The van der Waals surface area contributed by atoms with Gasteiger partial charge in [-0.1, -0.05) is 86.2 Å². The van der Waals surface area contributed by atoms with Crippen LogP contribution in [0.15, 0.2) is 72.3 Å². The summed E-state index contributed by atoms with van der Waals surface area (Å²) < 4.78 is 14.9. The first-order valence-corrected chi connectivity index (χ1v) is 11.6. The van der Waals surface area contributed by atoms with Crippen molar-refractivity contribution < 1.29 is 14.8 Å². The Labute approximate surface area is 169 Å². The van der Waals surface area contributed by atoms with Crippen LogP contribution in [0.2, 0.25) is 0 Å². The van der Waals surface area contributed by atoms with Crippen LogP contribution in [0.5, 0.6) is 0 Å². The van der Waals surface area contributed by atoms with Crippen LogP contribution < -0.4 is 10.6 Å². The number of hydrogen-bond acceptors (Lipinski definition) is 3. The monoisotopic (exact) mass is 400 g/mol. The van der Waals surface area contributed by atoms with Crippen molar-refractivity contribution in [2.45, 2.75) is 58.4 Å². The zero-order valence-electron chi connectivity index (χ0n) is 17.5. The molecular weight excluding hydrogens is 367 g/mol. The maximum Gasteiger partial charge on any atom is 0.151 e. The molecule has 2 N–H and O–H groups in total. The van der Waals surface area contributed by atoms with E-state index in [0.717, 1.165) is 5.57 Å². The van der Waals surface area contributed by atoms with Crippen molar-refractivity contribution in [2.75, 3.05) is 0 Å². The quantitative estimate of drug-likeness (QED) is 0.507. The van der Waals surface area contributed by atoms with E-state index in [-0.39, 0.29) is 5.92 Å². The molecule has 0 radical (unpaired) electrons. The average Bonchev–Trinajstić information content (AvgIpc) is 2.71. The molecule has 0 aliphatic rings. The van der Waals surface area contributed by atoms with Crippen molar-refractivity contribution >= 4 is 17.8 Å². The first kappa shape index (κ1) is 22.6. The molecule has 0 unspecified atom stereocenters. The molecular formula is C24H33O3P. The van der Waals surface area contributed by atoms with Crippen LogP contribution in [-0.4, -0.2) is 27.6 Å². The molecule has 0 aliphatic carbocycles. The molecule has 0 amide bonds. The van der Waals surface area contributed by atoms with E-state index in [2.05, 4.69) is 0 Å². The van der Waals surface area contributed by atoms with Crippen molar-refractivity contribution in [3.05, 3.63) is 72.3 Å². The maximum absolute atomic E-state index is 14.9. The second kappa shape index (κ2) is 9.22. The summed E-state index contributed by atoms with van der Waals surface area (Å²) in [6, 6.07) is 18.7. The highest BCUT2D eigenvalue weighted by Crippen LogP contribution is 2.60. The van der Waals surface area contributed by atoms with Crippen LogP contribution in [0.3, 0.4) is 0 Å². The Bertz CT molecular complexity index is 782. The summed E-state index contributed by atoms with van der Waals surface area (Å²) in [5.74, 6) is -0.152. The van der Waals surface area contributed by atoms with Crippen LogP contribution >= 0.6 is 7.14 Å². The molecule has 0 spiro atoms. The first-order chi connectivity index (χ1) is 13.1. The maximum atomic E-state index is 14.9. The third kappa shape index (κ3) is 4.33. The van der Waals surface area contributed by atoms with Gasteiger partial charge < -0.3 is 14.8 Å². The van der Waals surface area contributed by atoms with Gasteiger partial charge in [-0.15, -0.1) is 0 Å². The van der Waals surface area contributed by atoms with E-state index >= 15 is 0 Å². The molecule has 0 fully saturated rings. The summed E-state index contributed by atoms with van der Waals surface area (Å²) in [7, 11) is -3.31. The second-order valence-corrected chi connectivity index (χ2v) is 11.6. The Hall–Kier alpha value is -1.67. The largest absolute Gasteiger partial charge is 0.390 e. The van der Waals surface area contributed by atoms with Crippen molar-refractivity contribution in [1.29, 1.82) is 0 Å². The van der Waals surface area contributed by atoms with Gasteiger partial charge in [0.05, 0.1) is 17.4 Å². The molecule has 0 aromatic heterocycles. The fraction of sp³-hybridized carbons (Fsp3) is 0.417. The van der Waals surface area contributed by atoms with Gasteiger partial charge in [0.25, 0.3) is 0 Å². The lowest BCUT2D eigenvalue weighted by Gasteiger charge is -2.44. The van der Waals surface area contributed by atoms with Gasteiger partial charge in [-0.2, -0.15) is 0 Å². The van der Waals surface area contributed by atoms with Crippen molar-refractivity contribution in [2.24, 2.45) is 5.92 Å². The molecule has 2 aromatic carbocycles.